The number of anilines is 1. The number of amides is 1. The maximum absolute atomic E-state index is 13.1. The third-order valence-corrected chi connectivity index (χ3v) is 8.68. The van der Waals surface area contributed by atoms with E-state index >= 15 is 0 Å². The number of hydrogen-bond donors (Lipinski definition) is 0. The summed E-state index contributed by atoms with van der Waals surface area (Å²) < 4.78 is 25.7. The molecule has 0 aliphatic carbocycles. The smallest absolute Gasteiger partial charge is 0.237 e. The van der Waals surface area contributed by atoms with Crippen LogP contribution in [0.3, 0.4) is 0 Å². The highest BCUT2D eigenvalue weighted by molar-refractivity contribution is 8.01. The van der Waals surface area contributed by atoms with Gasteiger partial charge in [0.05, 0.1) is 33.5 Å². The Labute approximate surface area is 176 Å². The molecule has 0 spiro atoms. The minimum atomic E-state index is -3.09. The lowest BCUT2D eigenvalue weighted by Gasteiger charge is -2.28. The maximum Gasteiger partial charge on any atom is 0.237 e. The van der Waals surface area contributed by atoms with Crippen LogP contribution in [0.5, 0.6) is 0 Å². The number of para-hydroxylation sites is 1. The van der Waals surface area contributed by atoms with E-state index in [0.717, 1.165) is 20.2 Å². The largest absolute Gasteiger partial charge is 0.308 e. The van der Waals surface area contributed by atoms with Crippen molar-refractivity contribution in [2.45, 2.75) is 16.8 Å². The summed E-state index contributed by atoms with van der Waals surface area (Å²) in [7, 11) is -3.09. The number of carbonyl (C=O) groups excluding carboxylic acids is 1. The van der Waals surface area contributed by atoms with Crippen LogP contribution < -0.4 is 4.90 Å². The average molecular weight is 453 g/mol. The molecule has 0 radical (unpaired) electrons. The molecule has 1 aliphatic rings. The number of nitrogens with zero attached hydrogens (tertiary/aromatic N) is 2. The molecule has 0 unspecified atom stereocenters. The standard InChI is InChI=1S/C19H17ClN2O3S3/c20-13-6-7-17-16(10-13)21-19(27-17)26-11-18(23)22(14-4-2-1-3-5-14)15-8-9-28(24,25)12-15/h1-7,10,15H,8-9,11-12H2/t15-/m0/s1. The molecule has 5 nitrogen and oxygen atoms in total. The first-order valence-corrected chi connectivity index (χ1v) is 12.7. The highest BCUT2D eigenvalue weighted by Gasteiger charge is 2.35. The van der Waals surface area contributed by atoms with Crippen molar-refractivity contribution in [1.29, 1.82) is 0 Å². The molecular formula is C19H17ClN2O3S3. The van der Waals surface area contributed by atoms with Crippen LogP contribution >= 0.6 is 34.7 Å². The second kappa shape index (κ2) is 8.02. The molecule has 1 amide bonds. The Bertz CT molecular complexity index is 1120. The number of rotatable bonds is 5. The summed E-state index contributed by atoms with van der Waals surface area (Å²) in [5.41, 5.74) is 1.54. The second-order valence-corrected chi connectivity index (χ2v) is 11.5. The highest BCUT2D eigenvalue weighted by atomic mass is 35.5. The molecule has 146 valence electrons. The maximum atomic E-state index is 13.1. The number of hydrogen-bond acceptors (Lipinski definition) is 6. The van der Waals surface area contributed by atoms with Crippen molar-refractivity contribution in [2.24, 2.45) is 0 Å². The number of sulfone groups is 1. The quantitative estimate of drug-likeness (QED) is 0.541. The van der Waals surface area contributed by atoms with E-state index in [9.17, 15) is 13.2 Å². The van der Waals surface area contributed by atoms with E-state index in [-0.39, 0.29) is 29.2 Å². The first-order valence-electron chi connectivity index (χ1n) is 8.68. The first-order chi connectivity index (χ1) is 13.4. The summed E-state index contributed by atoms with van der Waals surface area (Å²) in [6.07, 6.45) is 0.466. The normalized spacial score (nSPS) is 18.4. The van der Waals surface area contributed by atoms with Crippen molar-refractivity contribution < 1.29 is 13.2 Å². The van der Waals surface area contributed by atoms with Crippen LogP contribution in [-0.2, 0) is 14.6 Å². The lowest BCUT2D eigenvalue weighted by molar-refractivity contribution is -0.116. The zero-order valence-electron chi connectivity index (χ0n) is 14.7. The number of halogens is 1. The summed E-state index contributed by atoms with van der Waals surface area (Å²) in [6.45, 7) is 0. The van der Waals surface area contributed by atoms with Gasteiger partial charge in [0.25, 0.3) is 0 Å². The van der Waals surface area contributed by atoms with E-state index in [1.54, 1.807) is 11.0 Å². The molecule has 28 heavy (non-hydrogen) atoms. The second-order valence-electron chi connectivity index (χ2n) is 6.54. The van der Waals surface area contributed by atoms with Crippen LogP contribution in [0.4, 0.5) is 5.69 Å². The fraction of sp³-hybridized carbons (Fsp3) is 0.263. The Morgan fingerprint density at radius 2 is 2.04 bits per heavy atom. The van der Waals surface area contributed by atoms with Gasteiger partial charge in [0.1, 0.15) is 0 Å². The van der Waals surface area contributed by atoms with E-state index in [1.165, 1.54) is 23.1 Å². The predicted octanol–water partition coefficient (Wildman–Crippen LogP) is 4.26. The van der Waals surface area contributed by atoms with Crippen LogP contribution in [0.15, 0.2) is 52.9 Å². The fourth-order valence-corrected chi connectivity index (χ4v) is 7.03. The van der Waals surface area contributed by atoms with E-state index in [0.29, 0.717) is 11.4 Å². The molecule has 0 saturated carbocycles. The summed E-state index contributed by atoms with van der Waals surface area (Å²) in [6, 6.07) is 14.5. The fourth-order valence-electron chi connectivity index (χ4n) is 3.26. The molecule has 1 saturated heterocycles. The van der Waals surface area contributed by atoms with Gasteiger partial charge in [-0.15, -0.1) is 11.3 Å². The zero-order valence-corrected chi connectivity index (χ0v) is 18.0. The lowest BCUT2D eigenvalue weighted by Crippen LogP contribution is -2.42. The molecule has 1 atom stereocenters. The molecule has 0 N–H and O–H groups in total. The molecule has 3 aromatic rings. The van der Waals surface area contributed by atoms with E-state index in [4.69, 9.17) is 11.6 Å². The van der Waals surface area contributed by atoms with E-state index < -0.39 is 9.84 Å². The molecule has 2 heterocycles. The summed E-state index contributed by atoms with van der Waals surface area (Å²) in [5, 5.41) is 0.628. The van der Waals surface area contributed by atoms with Gasteiger partial charge in [-0.3, -0.25) is 4.79 Å². The van der Waals surface area contributed by atoms with E-state index in [1.807, 2.05) is 42.5 Å². The molecule has 4 rings (SSSR count). The average Bonchev–Trinajstić information content (AvgIpc) is 3.23. The molecule has 1 aliphatic heterocycles. The third kappa shape index (κ3) is 4.35. The molecular weight excluding hydrogens is 436 g/mol. The van der Waals surface area contributed by atoms with Crippen molar-refractivity contribution in [1.82, 2.24) is 4.98 Å². The third-order valence-electron chi connectivity index (χ3n) is 4.53. The predicted molar refractivity (Wildman–Crippen MR) is 116 cm³/mol. The van der Waals surface area contributed by atoms with Gasteiger partial charge in [-0.2, -0.15) is 0 Å². The van der Waals surface area contributed by atoms with Crippen LogP contribution in [0.1, 0.15) is 6.42 Å². The summed E-state index contributed by atoms with van der Waals surface area (Å²) in [4.78, 5) is 19.2. The topological polar surface area (TPSA) is 67.3 Å². The zero-order chi connectivity index (χ0) is 19.7. The van der Waals surface area contributed by atoms with Crippen molar-refractivity contribution in [3.8, 4) is 0 Å². The minimum Gasteiger partial charge on any atom is -0.308 e. The van der Waals surface area contributed by atoms with Crippen LogP contribution in [0.25, 0.3) is 10.2 Å². The van der Waals surface area contributed by atoms with Crippen molar-refractivity contribution in [2.75, 3.05) is 22.2 Å². The molecule has 0 bridgehead atoms. The Hall–Kier alpha value is -1.61. The van der Waals surface area contributed by atoms with Crippen LogP contribution in [0, 0.1) is 0 Å². The number of carbonyl (C=O) groups is 1. The highest BCUT2D eigenvalue weighted by Crippen LogP contribution is 2.32. The summed E-state index contributed by atoms with van der Waals surface area (Å²) >= 11 is 8.89. The SMILES string of the molecule is O=C(CSc1nc2cc(Cl)ccc2s1)N(c1ccccc1)[C@H]1CCS(=O)(=O)C1. The Kier molecular flexibility index (Phi) is 5.64. The van der Waals surface area contributed by atoms with Gasteiger partial charge in [-0.25, -0.2) is 13.4 Å². The van der Waals surface area contributed by atoms with Crippen molar-refractivity contribution in [3.05, 3.63) is 53.6 Å². The van der Waals surface area contributed by atoms with Gasteiger partial charge < -0.3 is 4.90 Å². The van der Waals surface area contributed by atoms with Crippen molar-refractivity contribution in [3.63, 3.8) is 0 Å². The lowest BCUT2D eigenvalue weighted by atomic mass is 10.2. The molecule has 1 aromatic heterocycles. The summed E-state index contributed by atoms with van der Waals surface area (Å²) in [5.74, 6) is 0.215. The molecule has 9 heteroatoms. The molecule has 2 aromatic carbocycles. The Morgan fingerprint density at radius 1 is 1.25 bits per heavy atom. The molecule has 1 fully saturated rings. The van der Waals surface area contributed by atoms with Gasteiger partial charge in [-0.1, -0.05) is 41.6 Å². The first kappa shape index (κ1) is 19.7. The monoisotopic (exact) mass is 452 g/mol. The number of fused-ring (bicyclic) bond motifs is 1. The number of thioether (sulfide) groups is 1. The van der Waals surface area contributed by atoms with Crippen molar-refractivity contribution >= 4 is 66.3 Å². The Balaban J connectivity index is 1.53. The van der Waals surface area contributed by atoms with Gasteiger partial charge in [0.2, 0.25) is 5.91 Å². The number of benzene rings is 2. The van der Waals surface area contributed by atoms with Gasteiger partial charge in [0, 0.05) is 10.7 Å². The van der Waals surface area contributed by atoms with Gasteiger partial charge in [0.15, 0.2) is 14.2 Å². The van der Waals surface area contributed by atoms with Crippen LogP contribution in [-0.4, -0.2) is 42.6 Å². The number of thiazole rings is 1. The Morgan fingerprint density at radius 3 is 2.75 bits per heavy atom. The van der Waals surface area contributed by atoms with Gasteiger partial charge in [-0.05, 0) is 36.8 Å². The van der Waals surface area contributed by atoms with E-state index in [2.05, 4.69) is 4.98 Å². The van der Waals surface area contributed by atoms with Crippen LogP contribution in [0.2, 0.25) is 5.02 Å². The number of aromatic nitrogens is 1. The minimum absolute atomic E-state index is 0.0118. The van der Waals surface area contributed by atoms with Gasteiger partial charge >= 0.3 is 0 Å².